The van der Waals surface area contributed by atoms with Crippen molar-refractivity contribution in [2.45, 2.75) is 12.1 Å². The van der Waals surface area contributed by atoms with Crippen LogP contribution in [0.15, 0.2) is 48.7 Å². The zero-order valence-corrected chi connectivity index (χ0v) is 13.5. The van der Waals surface area contributed by atoms with Crippen LogP contribution in [-0.2, 0) is 4.74 Å². The van der Waals surface area contributed by atoms with Crippen LogP contribution in [0.4, 0.5) is 0 Å². The second-order valence-electron chi connectivity index (χ2n) is 5.54. The summed E-state index contributed by atoms with van der Waals surface area (Å²) in [6, 6.07) is 12.6. The van der Waals surface area contributed by atoms with Crippen molar-refractivity contribution >= 4 is 5.91 Å². The van der Waals surface area contributed by atoms with Gasteiger partial charge in [0.2, 0.25) is 5.88 Å². The van der Waals surface area contributed by atoms with Gasteiger partial charge in [-0.15, -0.1) is 0 Å². The second-order valence-corrected chi connectivity index (χ2v) is 5.54. The Hall–Kier alpha value is -2.44. The SMILES string of the molecule is COc1ccc(C(=O)N2CCO[C@@H](CO)[C@@H]2c2ccccc2)cn1. The van der Waals surface area contributed by atoms with Crippen molar-refractivity contribution in [3.63, 3.8) is 0 Å². The van der Waals surface area contributed by atoms with Crippen molar-refractivity contribution in [1.29, 1.82) is 0 Å². The number of hydrogen-bond acceptors (Lipinski definition) is 5. The summed E-state index contributed by atoms with van der Waals surface area (Å²) < 4.78 is 10.7. The number of carbonyl (C=O) groups excluding carboxylic acids is 1. The number of ether oxygens (including phenoxy) is 2. The molecule has 126 valence electrons. The third-order valence-corrected chi connectivity index (χ3v) is 4.13. The molecule has 0 unspecified atom stereocenters. The van der Waals surface area contributed by atoms with Crippen LogP contribution in [0.2, 0.25) is 0 Å². The van der Waals surface area contributed by atoms with Gasteiger partial charge in [0.25, 0.3) is 5.91 Å². The van der Waals surface area contributed by atoms with E-state index in [1.54, 1.807) is 17.0 Å². The Bertz CT molecular complexity index is 675. The lowest BCUT2D eigenvalue weighted by molar-refractivity contribution is -0.0811. The van der Waals surface area contributed by atoms with E-state index >= 15 is 0 Å². The fraction of sp³-hybridized carbons (Fsp3) is 0.333. The summed E-state index contributed by atoms with van der Waals surface area (Å²) >= 11 is 0. The Morgan fingerprint density at radius 2 is 2.12 bits per heavy atom. The van der Waals surface area contributed by atoms with Crippen LogP contribution in [0.3, 0.4) is 0 Å². The van der Waals surface area contributed by atoms with E-state index in [-0.39, 0.29) is 18.6 Å². The van der Waals surface area contributed by atoms with Crippen LogP contribution in [-0.4, -0.2) is 53.9 Å². The molecule has 1 saturated heterocycles. The van der Waals surface area contributed by atoms with Gasteiger partial charge in [0.1, 0.15) is 6.10 Å². The lowest BCUT2D eigenvalue weighted by atomic mass is 9.97. The molecule has 1 aliphatic heterocycles. The lowest BCUT2D eigenvalue weighted by Crippen LogP contribution is -2.49. The molecule has 0 bridgehead atoms. The van der Waals surface area contributed by atoms with E-state index in [1.807, 2.05) is 30.3 Å². The molecule has 1 aliphatic rings. The first-order chi connectivity index (χ1) is 11.7. The van der Waals surface area contributed by atoms with Crippen LogP contribution < -0.4 is 4.74 Å². The van der Waals surface area contributed by atoms with Crippen LogP contribution in [0, 0.1) is 0 Å². The fourth-order valence-electron chi connectivity index (χ4n) is 2.95. The minimum atomic E-state index is -0.448. The summed E-state index contributed by atoms with van der Waals surface area (Å²) in [4.78, 5) is 18.8. The third kappa shape index (κ3) is 3.25. The third-order valence-electron chi connectivity index (χ3n) is 4.13. The highest BCUT2D eigenvalue weighted by atomic mass is 16.5. The van der Waals surface area contributed by atoms with E-state index in [4.69, 9.17) is 9.47 Å². The van der Waals surface area contributed by atoms with Gasteiger partial charge >= 0.3 is 0 Å². The molecule has 1 aromatic heterocycles. The van der Waals surface area contributed by atoms with Crippen molar-refractivity contribution in [3.8, 4) is 5.88 Å². The number of aromatic nitrogens is 1. The van der Waals surface area contributed by atoms with Gasteiger partial charge in [-0.2, -0.15) is 0 Å². The van der Waals surface area contributed by atoms with Gasteiger partial charge < -0.3 is 19.5 Å². The maximum Gasteiger partial charge on any atom is 0.256 e. The number of rotatable bonds is 4. The van der Waals surface area contributed by atoms with Gasteiger partial charge in [-0.1, -0.05) is 30.3 Å². The molecule has 6 nitrogen and oxygen atoms in total. The van der Waals surface area contributed by atoms with Gasteiger partial charge in [-0.3, -0.25) is 4.79 Å². The Kier molecular flexibility index (Phi) is 5.08. The molecule has 1 N–H and O–H groups in total. The Morgan fingerprint density at radius 1 is 1.33 bits per heavy atom. The molecule has 0 radical (unpaired) electrons. The van der Waals surface area contributed by atoms with Gasteiger partial charge in [0.05, 0.1) is 31.9 Å². The number of amides is 1. The quantitative estimate of drug-likeness (QED) is 0.924. The molecule has 2 aromatic rings. The summed E-state index contributed by atoms with van der Waals surface area (Å²) in [7, 11) is 1.53. The monoisotopic (exact) mass is 328 g/mol. The summed E-state index contributed by atoms with van der Waals surface area (Å²) in [6.45, 7) is 0.703. The molecule has 0 saturated carbocycles. The summed E-state index contributed by atoms with van der Waals surface area (Å²) in [5, 5.41) is 9.67. The maximum absolute atomic E-state index is 13.0. The zero-order valence-electron chi connectivity index (χ0n) is 13.5. The summed E-state index contributed by atoms with van der Waals surface area (Å²) in [5.41, 5.74) is 1.42. The Morgan fingerprint density at radius 3 is 2.75 bits per heavy atom. The topological polar surface area (TPSA) is 71.9 Å². The highest BCUT2D eigenvalue weighted by molar-refractivity contribution is 5.94. The summed E-state index contributed by atoms with van der Waals surface area (Å²) in [5.74, 6) is 0.321. The van der Waals surface area contributed by atoms with E-state index in [2.05, 4.69) is 4.98 Å². The van der Waals surface area contributed by atoms with Crippen molar-refractivity contribution in [3.05, 3.63) is 59.8 Å². The Labute approximate surface area is 140 Å². The predicted octanol–water partition coefficient (Wildman–Crippen LogP) is 1.66. The normalized spacial score (nSPS) is 20.7. The average Bonchev–Trinajstić information content (AvgIpc) is 2.67. The number of morpholine rings is 1. The lowest BCUT2D eigenvalue weighted by Gasteiger charge is -2.41. The minimum Gasteiger partial charge on any atom is -0.481 e. The molecule has 2 heterocycles. The summed E-state index contributed by atoms with van der Waals surface area (Å²) in [6.07, 6.45) is 1.06. The molecule has 2 atom stereocenters. The molecular weight excluding hydrogens is 308 g/mol. The van der Waals surface area contributed by atoms with Crippen molar-refractivity contribution in [1.82, 2.24) is 9.88 Å². The van der Waals surface area contributed by atoms with Crippen molar-refractivity contribution < 1.29 is 19.4 Å². The average molecular weight is 328 g/mol. The number of methoxy groups -OCH3 is 1. The van der Waals surface area contributed by atoms with Crippen molar-refractivity contribution in [2.75, 3.05) is 26.9 Å². The van der Waals surface area contributed by atoms with Crippen LogP contribution in [0.1, 0.15) is 22.0 Å². The molecule has 0 spiro atoms. The standard InChI is InChI=1S/C18H20N2O4/c1-23-16-8-7-14(11-19-16)18(22)20-9-10-24-15(12-21)17(20)13-5-3-2-4-6-13/h2-8,11,15,17,21H,9-10,12H2,1H3/t15-,17-/m0/s1. The fourth-order valence-corrected chi connectivity index (χ4v) is 2.95. The molecule has 1 fully saturated rings. The number of hydrogen-bond donors (Lipinski definition) is 1. The van der Waals surface area contributed by atoms with Gasteiger partial charge in [0, 0.05) is 18.8 Å². The first-order valence-electron chi connectivity index (χ1n) is 7.83. The number of aliphatic hydroxyl groups excluding tert-OH is 1. The van der Waals surface area contributed by atoms with Gasteiger partial charge in [-0.05, 0) is 11.6 Å². The smallest absolute Gasteiger partial charge is 0.256 e. The van der Waals surface area contributed by atoms with Gasteiger partial charge in [0.15, 0.2) is 0 Å². The van der Waals surface area contributed by atoms with E-state index in [9.17, 15) is 9.90 Å². The van der Waals surface area contributed by atoms with Crippen LogP contribution >= 0.6 is 0 Å². The molecule has 0 aliphatic carbocycles. The molecule has 1 amide bonds. The predicted molar refractivity (Wildman–Crippen MR) is 87.8 cm³/mol. The molecular formula is C18H20N2O4. The van der Waals surface area contributed by atoms with Gasteiger partial charge in [-0.25, -0.2) is 4.98 Å². The van der Waals surface area contributed by atoms with Crippen LogP contribution in [0.5, 0.6) is 5.88 Å². The maximum atomic E-state index is 13.0. The zero-order chi connectivity index (χ0) is 16.9. The van der Waals surface area contributed by atoms with E-state index < -0.39 is 6.10 Å². The molecule has 24 heavy (non-hydrogen) atoms. The minimum absolute atomic E-state index is 0.138. The second kappa shape index (κ2) is 7.42. The number of pyridine rings is 1. The Balaban J connectivity index is 1.91. The number of carbonyl (C=O) groups is 1. The highest BCUT2D eigenvalue weighted by Gasteiger charge is 2.36. The van der Waals surface area contributed by atoms with E-state index in [1.165, 1.54) is 13.3 Å². The number of benzene rings is 1. The molecule has 1 aromatic carbocycles. The van der Waals surface area contributed by atoms with E-state index in [0.717, 1.165) is 5.56 Å². The molecule has 3 rings (SSSR count). The number of aliphatic hydroxyl groups is 1. The van der Waals surface area contributed by atoms with Crippen molar-refractivity contribution in [2.24, 2.45) is 0 Å². The first kappa shape index (κ1) is 16.4. The largest absolute Gasteiger partial charge is 0.481 e. The van der Waals surface area contributed by atoms with E-state index in [0.29, 0.717) is 24.6 Å². The van der Waals surface area contributed by atoms with Crippen LogP contribution in [0.25, 0.3) is 0 Å². The first-order valence-corrected chi connectivity index (χ1v) is 7.83. The molecule has 6 heteroatoms. The number of nitrogens with zero attached hydrogens (tertiary/aromatic N) is 2. The highest BCUT2D eigenvalue weighted by Crippen LogP contribution is 2.30.